The number of para-hydroxylation sites is 1. The number of rotatable bonds is 9. The Balaban J connectivity index is 1.97. The second-order valence-electron chi connectivity index (χ2n) is 6.46. The van der Waals surface area contributed by atoms with E-state index in [2.05, 4.69) is 26.0 Å². The number of quaternary nitrogens is 1. The van der Waals surface area contributed by atoms with Crippen molar-refractivity contribution in [1.82, 2.24) is 0 Å². The van der Waals surface area contributed by atoms with Gasteiger partial charge >= 0.3 is 6.16 Å². The predicted molar refractivity (Wildman–Crippen MR) is 105 cm³/mol. The molecule has 0 fully saturated rings. The highest BCUT2D eigenvalue weighted by Crippen LogP contribution is 2.23. The highest BCUT2D eigenvalue weighted by molar-refractivity contribution is 7.86. The topological polar surface area (TPSA) is 89.9 Å². The molecule has 0 bridgehead atoms. The van der Waals surface area contributed by atoms with E-state index in [9.17, 15) is 17.8 Å². The molecule has 8 heteroatoms. The van der Waals surface area contributed by atoms with Crippen molar-refractivity contribution in [2.24, 2.45) is 0 Å². The number of hydrogen-bond acceptors (Lipinski definition) is 5. The lowest BCUT2D eigenvalue weighted by Gasteiger charge is -2.36. The Morgan fingerprint density at radius 3 is 2.21 bits per heavy atom. The van der Waals surface area contributed by atoms with Crippen LogP contribution in [-0.4, -0.2) is 49.9 Å². The fraction of sp³-hybridized carbons (Fsp3) is 0.350. The normalized spacial score (nSPS) is 11.8. The SMILES string of the molecule is CC[N+](CC)(CCOC(=O)Oc1ccccc1S(=O)(=O)O)Cc1ccccc1. The Bertz CT molecular complexity index is 879. The Labute approximate surface area is 165 Å². The Hall–Kier alpha value is -2.42. The number of likely N-dealkylation sites (N-methyl/N-ethyl adjacent to an activating group) is 1. The zero-order valence-corrected chi connectivity index (χ0v) is 16.9. The van der Waals surface area contributed by atoms with Crippen molar-refractivity contribution in [3.8, 4) is 5.75 Å². The van der Waals surface area contributed by atoms with Crippen molar-refractivity contribution in [2.45, 2.75) is 25.3 Å². The molecule has 0 saturated heterocycles. The third-order valence-electron chi connectivity index (χ3n) is 4.81. The average Bonchev–Trinajstić information content (AvgIpc) is 2.67. The first-order valence-electron chi connectivity index (χ1n) is 9.10. The summed E-state index contributed by atoms with van der Waals surface area (Å²) in [5.74, 6) is -0.272. The summed E-state index contributed by atoms with van der Waals surface area (Å²) in [7, 11) is -4.50. The van der Waals surface area contributed by atoms with Crippen LogP contribution in [0.3, 0.4) is 0 Å². The zero-order chi connectivity index (χ0) is 20.6. The van der Waals surface area contributed by atoms with E-state index in [4.69, 9.17) is 9.47 Å². The van der Waals surface area contributed by atoms with Gasteiger partial charge in [0.1, 0.15) is 24.6 Å². The van der Waals surface area contributed by atoms with Crippen molar-refractivity contribution in [2.75, 3.05) is 26.2 Å². The molecular weight excluding hydrogens is 382 g/mol. The van der Waals surface area contributed by atoms with Gasteiger partial charge in [0.15, 0.2) is 5.75 Å². The number of ether oxygens (including phenoxy) is 2. The molecule has 0 aliphatic heterocycles. The Morgan fingerprint density at radius 2 is 1.61 bits per heavy atom. The second kappa shape index (κ2) is 9.68. The van der Waals surface area contributed by atoms with Crippen LogP contribution < -0.4 is 4.74 Å². The summed E-state index contributed by atoms with van der Waals surface area (Å²) in [6.45, 7) is 7.46. The summed E-state index contributed by atoms with van der Waals surface area (Å²) in [5, 5.41) is 0. The standard InChI is InChI=1S/C20H25NO6S/c1-3-21(4-2,16-17-10-6-5-7-11-17)14-15-26-20(22)27-18-12-8-9-13-19(18)28(23,24)25/h5-13H,3-4,14-16H2,1-2H3/p+1. The minimum atomic E-state index is -4.50. The van der Waals surface area contributed by atoms with Gasteiger partial charge in [0.25, 0.3) is 10.1 Å². The van der Waals surface area contributed by atoms with Crippen LogP contribution in [-0.2, 0) is 21.4 Å². The molecule has 0 aliphatic rings. The van der Waals surface area contributed by atoms with Crippen molar-refractivity contribution in [1.29, 1.82) is 0 Å². The van der Waals surface area contributed by atoms with Gasteiger partial charge in [0.2, 0.25) is 0 Å². The molecule has 2 rings (SSSR count). The summed E-state index contributed by atoms with van der Waals surface area (Å²) < 4.78 is 42.8. The molecule has 7 nitrogen and oxygen atoms in total. The molecule has 0 radical (unpaired) electrons. The maximum Gasteiger partial charge on any atom is 0.514 e. The minimum absolute atomic E-state index is 0.126. The van der Waals surface area contributed by atoms with E-state index in [1.54, 1.807) is 0 Å². The van der Waals surface area contributed by atoms with Crippen LogP contribution in [0, 0.1) is 0 Å². The number of hydrogen-bond donors (Lipinski definition) is 1. The number of nitrogens with zero attached hydrogens (tertiary/aromatic N) is 1. The zero-order valence-electron chi connectivity index (χ0n) is 16.1. The second-order valence-corrected chi connectivity index (χ2v) is 7.85. The summed E-state index contributed by atoms with van der Waals surface area (Å²) >= 11 is 0. The van der Waals surface area contributed by atoms with Gasteiger partial charge in [0.05, 0.1) is 13.1 Å². The number of carbonyl (C=O) groups is 1. The van der Waals surface area contributed by atoms with Crippen LogP contribution in [0.2, 0.25) is 0 Å². The van der Waals surface area contributed by atoms with Gasteiger partial charge in [-0.2, -0.15) is 8.42 Å². The molecular formula is C20H26NO6S+. The first-order valence-corrected chi connectivity index (χ1v) is 10.5. The summed E-state index contributed by atoms with van der Waals surface area (Å²) in [6, 6.07) is 15.4. The highest BCUT2D eigenvalue weighted by Gasteiger charge is 2.25. The monoisotopic (exact) mass is 408 g/mol. The number of benzene rings is 2. The van der Waals surface area contributed by atoms with Crippen LogP contribution >= 0.6 is 0 Å². The predicted octanol–water partition coefficient (Wildman–Crippen LogP) is 3.51. The van der Waals surface area contributed by atoms with E-state index in [0.717, 1.165) is 30.2 Å². The van der Waals surface area contributed by atoms with E-state index in [-0.39, 0.29) is 12.4 Å². The first-order chi connectivity index (χ1) is 13.3. The Morgan fingerprint density at radius 1 is 1.00 bits per heavy atom. The quantitative estimate of drug-likeness (QED) is 0.296. The van der Waals surface area contributed by atoms with Crippen molar-refractivity contribution >= 4 is 16.3 Å². The molecule has 152 valence electrons. The van der Waals surface area contributed by atoms with E-state index >= 15 is 0 Å². The minimum Gasteiger partial charge on any atom is -0.428 e. The van der Waals surface area contributed by atoms with Crippen molar-refractivity contribution in [3.05, 3.63) is 60.2 Å². The third-order valence-corrected chi connectivity index (χ3v) is 5.70. The van der Waals surface area contributed by atoms with Crippen LogP contribution in [0.25, 0.3) is 0 Å². The molecule has 0 atom stereocenters. The first kappa shape index (κ1) is 21.9. The van der Waals surface area contributed by atoms with E-state index < -0.39 is 21.2 Å². The van der Waals surface area contributed by atoms with Crippen molar-refractivity contribution < 1.29 is 31.7 Å². The molecule has 0 aliphatic carbocycles. The third kappa shape index (κ3) is 6.05. The number of carbonyl (C=O) groups excluding carboxylic acids is 1. The molecule has 2 aromatic rings. The van der Waals surface area contributed by atoms with Crippen molar-refractivity contribution in [3.63, 3.8) is 0 Å². The fourth-order valence-corrected chi connectivity index (χ4v) is 3.62. The molecule has 0 unspecified atom stereocenters. The van der Waals surface area contributed by atoms with Gasteiger partial charge in [0, 0.05) is 5.56 Å². The van der Waals surface area contributed by atoms with Gasteiger partial charge < -0.3 is 14.0 Å². The average molecular weight is 408 g/mol. The van der Waals surface area contributed by atoms with Crippen LogP contribution in [0.15, 0.2) is 59.5 Å². The maximum absolute atomic E-state index is 12.0. The smallest absolute Gasteiger partial charge is 0.428 e. The summed E-state index contributed by atoms with van der Waals surface area (Å²) in [5.41, 5.74) is 1.20. The molecule has 2 aromatic carbocycles. The van der Waals surface area contributed by atoms with Crippen LogP contribution in [0.1, 0.15) is 19.4 Å². The molecule has 0 saturated carbocycles. The van der Waals surface area contributed by atoms with Gasteiger partial charge in [-0.15, -0.1) is 0 Å². The molecule has 28 heavy (non-hydrogen) atoms. The lowest BCUT2D eigenvalue weighted by atomic mass is 10.2. The van der Waals surface area contributed by atoms with Gasteiger partial charge in [-0.05, 0) is 26.0 Å². The van der Waals surface area contributed by atoms with E-state index in [1.807, 2.05) is 18.2 Å². The van der Waals surface area contributed by atoms with E-state index in [0.29, 0.717) is 6.54 Å². The maximum atomic E-state index is 12.0. The lowest BCUT2D eigenvalue weighted by Crippen LogP contribution is -2.49. The lowest BCUT2D eigenvalue weighted by molar-refractivity contribution is -0.937. The van der Waals surface area contributed by atoms with Gasteiger partial charge in [-0.25, -0.2) is 4.79 Å². The molecule has 0 amide bonds. The highest BCUT2D eigenvalue weighted by atomic mass is 32.2. The summed E-state index contributed by atoms with van der Waals surface area (Å²) in [4.78, 5) is 11.5. The molecule has 0 spiro atoms. The van der Waals surface area contributed by atoms with Crippen LogP contribution in [0.4, 0.5) is 4.79 Å². The van der Waals surface area contributed by atoms with Gasteiger partial charge in [-0.3, -0.25) is 4.55 Å². The molecule has 1 N–H and O–H groups in total. The Kier molecular flexibility index (Phi) is 7.56. The largest absolute Gasteiger partial charge is 0.514 e. The molecule has 0 heterocycles. The van der Waals surface area contributed by atoms with E-state index in [1.165, 1.54) is 23.8 Å². The summed E-state index contributed by atoms with van der Waals surface area (Å²) in [6.07, 6.45) is -1.01. The van der Waals surface area contributed by atoms with Gasteiger partial charge in [-0.1, -0.05) is 42.5 Å². The van der Waals surface area contributed by atoms with Crippen LogP contribution in [0.5, 0.6) is 5.75 Å². The fourth-order valence-electron chi connectivity index (χ4n) is 3.00. The molecule has 0 aromatic heterocycles.